The molecule has 8 heteroatoms. The number of hydrogen-bond acceptors (Lipinski definition) is 6. The Labute approximate surface area is 169 Å². The van der Waals surface area contributed by atoms with E-state index in [0.29, 0.717) is 31.1 Å². The number of aromatic nitrogens is 4. The summed E-state index contributed by atoms with van der Waals surface area (Å²) in [6.07, 6.45) is 2.64. The van der Waals surface area contributed by atoms with Crippen LogP contribution in [0.4, 0.5) is 0 Å². The van der Waals surface area contributed by atoms with Crippen molar-refractivity contribution in [3.05, 3.63) is 47.9 Å². The number of aromatic amines is 1. The van der Waals surface area contributed by atoms with Crippen LogP contribution in [0.25, 0.3) is 11.4 Å². The molecule has 3 heterocycles. The molecule has 1 aromatic carbocycles. The summed E-state index contributed by atoms with van der Waals surface area (Å²) in [5, 5.41) is 4.14. The molecule has 2 aromatic heterocycles. The summed E-state index contributed by atoms with van der Waals surface area (Å²) < 4.78 is 10.8. The van der Waals surface area contributed by atoms with E-state index in [1.165, 1.54) is 0 Å². The molecule has 8 nitrogen and oxygen atoms in total. The first-order chi connectivity index (χ1) is 13.8. The minimum atomic E-state index is -0.333. The van der Waals surface area contributed by atoms with Crippen molar-refractivity contribution < 1.29 is 14.1 Å². The van der Waals surface area contributed by atoms with E-state index >= 15 is 0 Å². The van der Waals surface area contributed by atoms with Crippen LogP contribution in [-0.4, -0.2) is 38.0 Å². The normalized spacial score (nSPS) is 16.6. The molecule has 0 saturated carbocycles. The monoisotopic (exact) mass is 395 g/mol. The van der Waals surface area contributed by atoms with Gasteiger partial charge in [-0.1, -0.05) is 25.9 Å². The summed E-state index contributed by atoms with van der Waals surface area (Å²) in [6.45, 7) is 6.62. The minimum absolute atomic E-state index is 0.0620. The Kier molecular flexibility index (Phi) is 4.86. The molecular weight excluding hydrogens is 370 g/mol. The fourth-order valence-electron chi connectivity index (χ4n) is 3.50. The van der Waals surface area contributed by atoms with Crippen LogP contribution in [0.2, 0.25) is 0 Å². The predicted molar refractivity (Wildman–Crippen MR) is 106 cm³/mol. The maximum atomic E-state index is 13.1. The first-order valence-electron chi connectivity index (χ1n) is 9.63. The largest absolute Gasteiger partial charge is 0.497 e. The summed E-state index contributed by atoms with van der Waals surface area (Å²) in [6, 6.07) is 7.12. The van der Waals surface area contributed by atoms with Gasteiger partial charge in [-0.05, 0) is 29.7 Å². The quantitative estimate of drug-likeness (QED) is 0.726. The van der Waals surface area contributed by atoms with Crippen LogP contribution in [0, 0.1) is 5.41 Å². The van der Waals surface area contributed by atoms with Gasteiger partial charge in [0, 0.05) is 18.4 Å². The van der Waals surface area contributed by atoms with Crippen LogP contribution >= 0.6 is 0 Å². The number of hydrogen-bond donors (Lipinski definition) is 1. The van der Waals surface area contributed by atoms with Crippen molar-refractivity contribution in [2.45, 2.75) is 46.2 Å². The number of fused-ring (bicyclic) bond motifs is 1. The Bertz CT molecular complexity index is 1000. The first kappa shape index (κ1) is 19.2. The summed E-state index contributed by atoms with van der Waals surface area (Å²) in [4.78, 5) is 27.0. The van der Waals surface area contributed by atoms with Gasteiger partial charge in [-0.2, -0.15) is 4.98 Å². The third-order valence-corrected chi connectivity index (χ3v) is 4.98. The van der Waals surface area contributed by atoms with Gasteiger partial charge in [-0.15, -0.1) is 0 Å². The van der Waals surface area contributed by atoms with Gasteiger partial charge in [-0.25, -0.2) is 4.98 Å². The number of amides is 1. The average molecular weight is 395 g/mol. The highest BCUT2D eigenvalue weighted by molar-refractivity contribution is 5.77. The van der Waals surface area contributed by atoms with Crippen molar-refractivity contribution in [3.8, 4) is 17.1 Å². The zero-order valence-electron chi connectivity index (χ0n) is 17.1. The molecule has 1 N–H and O–H groups in total. The van der Waals surface area contributed by atoms with Crippen molar-refractivity contribution in [1.82, 2.24) is 25.0 Å². The molecule has 29 heavy (non-hydrogen) atoms. The Morgan fingerprint density at radius 2 is 2.07 bits per heavy atom. The van der Waals surface area contributed by atoms with Gasteiger partial charge in [0.15, 0.2) is 0 Å². The maximum Gasteiger partial charge on any atom is 0.250 e. The zero-order valence-corrected chi connectivity index (χ0v) is 17.1. The molecule has 1 unspecified atom stereocenters. The van der Waals surface area contributed by atoms with E-state index in [-0.39, 0.29) is 17.4 Å². The number of benzene rings is 1. The standard InChI is InChI=1S/C21H25N5O3/c1-21(2,3)10-18(27)26-11-16-15(22-12-23-16)9-17(26)20-24-19(25-29-20)13-5-7-14(28-4)8-6-13/h5-8,12,17H,9-11H2,1-4H3,(H,22,23). The van der Waals surface area contributed by atoms with E-state index in [2.05, 4.69) is 40.9 Å². The van der Waals surface area contributed by atoms with E-state index in [0.717, 1.165) is 22.7 Å². The molecule has 1 aliphatic heterocycles. The zero-order chi connectivity index (χ0) is 20.6. The Morgan fingerprint density at radius 1 is 1.31 bits per heavy atom. The molecular formula is C21H25N5O3. The van der Waals surface area contributed by atoms with Crippen molar-refractivity contribution in [3.63, 3.8) is 0 Å². The molecule has 4 rings (SSSR count). The number of nitrogens with one attached hydrogen (secondary N) is 1. The van der Waals surface area contributed by atoms with Crippen molar-refractivity contribution in [1.29, 1.82) is 0 Å². The number of nitrogens with zero attached hydrogens (tertiary/aromatic N) is 4. The lowest BCUT2D eigenvalue weighted by atomic mass is 9.90. The highest BCUT2D eigenvalue weighted by atomic mass is 16.5. The van der Waals surface area contributed by atoms with E-state index in [1.54, 1.807) is 13.4 Å². The number of rotatable bonds is 4. The second-order valence-electron chi connectivity index (χ2n) is 8.49. The number of ether oxygens (including phenoxy) is 1. The number of carbonyl (C=O) groups excluding carboxylic acids is 1. The van der Waals surface area contributed by atoms with Crippen molar-refractivity contribution in [2.24, 2.45) is 5.41 Å². The van der Waals surface area contributed by atoms with Gasteiger partial charge >= 0.3 is 0 Å². The summed E-state index contributed by atoms with van der Waals surface area (Å²) in [5.74, 6) is 1.73. The van der Waals surface area contributed by atoms with Gasteiger partial charge in [0.25, 0.3) is 0 Å². The second-order valence-corrected chi connectivity index (χ2v) is 8.49. The molecule has 0 spiro atoms. The Morgan fingerprint density at radius 3 is 2.76 bits per heavy atom. The molecule has 152 valence electrons. The van der Waals surface area contributed by atoms with Crippen LogP contribution in [0.1, 0.15) is 50.5 Å². The Balaban J connectivity index is 1.63. The third kappa shape index (κ3) is 4.01. The number of methoxy groups -OCH3 is 1. The second kappa shape index (κ2) is 7.35. The van der Waals surface area contributed by atoms with Crippen molar-refractivity contribution in [2.75, 3.05) is 7.11 Å². The fraction of sp³-hybridized carbons (Fsp3) is 0.429. The maximum absolute atomic E-state index is 13.1. The van der Waals surface area contributed by atoms with Gasteiger partial charge in [0.05, 0.1) is 31.4 Å². The van der Waals surface area contributed by atoms with Crippen LogP contribution < -0.4 is 4.74 Å². The smallest absolute Gasteiger partial charge is 0.250 e. The summed E-state index contributed by atoms with van der Waals surface area (Å²) >= 11 is 0. The van der Waals surface area contributed by atoms with Crippen LogP contribution in [0.5, 0.6) is 5.75 Å². The number of imidazole rings is 1. The van der Waals surface area contributed by atoms with E-state index < -0.39 is 0 Å². The highest BCUT2D eigenvalue weighted by Crippen LogP contribution is 2.34. The van der Waals surface area contributed by atoms with E-state index in [4.69, 9.17) is 9.26 Å². The number of H-pyrrole nitrogens is 1. The van der Waals surface area contributed by atoms with Gasteiger partial charge < -0.3 is 19.1 Å². The topological polar surface area (TPSA) is 97.1 Å². The fourth-order valence-corrected chi connectivity index (χ4v) is 3.50. The van der Waals surface area contributed by atoms with Gasteiger partial charge in [-0.3, -0.25) is 4.79 Å². The first-order valence-corrected chi connectivity index (χ1v) is 9.63. The summed E-state index contributed by atoms with van der Waals surface area (Å²) in [7, 11) is 1.62. The third-order valence-electron chi connectivity index (χ3n) is 4.98. The average Bonchev–Trinajstić information content (AvgIpc) is 3.34. The van der Waals surface area contributed by atoms with Gasteiger partial charge in [0.2, 0.25) is 17.6 Å². The van der Waals surface area contributed by atoms with Crippen LogP contribution in [0.15, 0.2) is 35.1 Å². The predicted octanol–water partition coefficient (Wildman–Crippen LogP) is 3.53. The molecule has 1 atom stereocenters. The molecule has 1 aliphatic rings. The molecule has 3 aromatic rings. The molecule has 1 amide bonds. The molecule has 0 aliphatic carbocycles. The molecule has 0 radical (unpaired) electrons. The SMILES string of the molecule is COc1ccc(-c2noc(C3Cc4nc[nH]c4CN3C(=O)CC(C)(C)C)n2)cc1. The molecule has 0 fully saturated rings. The van der Waals surface area contributed by atoms with Crippen molar-refractivity contribution >= 4 is 5.91 Å². The molecule has 0 bridgehead atoms. The Hall–Kier alpha value is -3.16. The van der Waals surface area contributed by atoms with Gasteiger partial charge in [0.1, 0.15) is 11.8 Å². The minimum Gasteiger partial charge on any atom is -0.497 e. The summed E-state index contributed by atoms with van der Waals surface area (Å²) in [5.41, 5.74) is 2.60. The van der Waals surface area contributed by atoms with Crippen LogP contribution in [-0.2, 0) is 17.8 Å². The molecule has 0 saturated heterocycles. The lowest BCUT2D eigenvalue weighted by molar-refractivity contribution is -0.137. The number of carbonyl (C=O) groups is 1. The lowest BCUT2D eigenvalue weighted by Crippen LogP contribution is -2.40. The highest BCUT2D eigenvalue weighted by Gasteiger charge is 2.37. The van der Waals surface area contributed by atoms with Crippen LogP contribution in [0.3, 0.4) is 0 Å². The van der Waals surface area contributed by atoms with E-state index in [9.17, 15) is 4.79 Å². The lowest BCUT2D eigenvalue weighted by Gasteiger charge is -2.34. The van der Waals surface area contributed by atoms with E-state index in [1.807, 2.05) is 29.2 Å².